The zero-order chi connectivity index (χ0) is 34.1. The van der Waals surface area contributed by atoms with Crippen molar-refractivity contribution < 1.29 is 22.9 Å². The number of halogens is 1. The van der Waals surface area contributed by atoms with Crippen molar-refractivity contribution in [2.75, 3.05) is 10.8 Å². The molecule has 0 aromatic heterocycles. The number of amides is 2. The monoisotopic (exact) mass is 732 g/mol. The van der Waals surface area contributed by atoms with E-state index in [0.29, 0.717) is 0 Å². The van der Waals surface area contributed by atoms with Crippen LogP contribution in [-0.2, 0) is 32.6 Å². The molecule has 1 atom stereocenters. The van der Waals surface area contributed by atoms with Crippen LogP contribution >= 0.6 is 15.9 Å². The molecule has 1 saturated carbocycles. The second kappa shape index (κ2) is 16.0. The minimum absolute atomic E-state index is 0.0117. The first-order valence-corrected chi connectivity index (χ1v) is 18.1. The molecule has 12 heteroatoms. The van der Waals surface area contributed by atoms with Crippen molar-refractivity contribution in [2.24, 2.45) is 0 Å². The Morgan fingerprint density at radius 2 is 1.48 bits per heavy atom. The van der Waals surface area contributed by atoms with Crippen LogP contribution in [0, 0.1) is 10.1 Å². The highest BCUT2D eigenvalue weighted by atomic mass is 79.9. The number of hydrogen-bond acceptors (Lipinski definition) is 6. The number of nitro groups is 1. The summed E-state index contributed by atoms with van der Waals surface area (Å²) in [5.74, 6) is -0.908. The zero-order valence-corrected chi connectivity index (χ0v) is 28.7. The smallest absolute Gasteiger partial charge is 0.269 e. The molecule has 2 amide bonds. The van der Waals surface area contributed by atoms with Crippen LogP contribution in [0.15, 0.2) is 119 Å². The lowest BCUT2D eigenvalue weighted by atomic mass is 9.94. The predicted molar refractivity (Wildman–Crippen MR) is 188 cm³/mol. The molecule has 0 aliphatic heterocycles. The number of carbonyl (C=O) groups is 2. The zero-order valence-electron chi connectivity index (χ0n) is 26.3. The Morgan fingerprint density at radius 1 is 0.854 bits per heavy atom. The normalized spacial score (nSPS) is 14.1. The van der Waals surface area contributed by atoms with Crippen molar-refractivity contribution in [3.63, 3.8) is 0 Å². The lowest BCUT2D eigenvalue weighted by Crippen LogP contribution is -2.55. The maximum absolute atomic E-state index is 14.6. The van der Waals surface area contributed by atoms with Gasteiger partial charge in [0.1, 0.15) is 12.6 Å². The van der Waals surface area contributed by atoms with Crippen LogP contribution in [0.5, 0.6) is 0 Å². The predicted octanol–water partition coefficient (Wildman–Crippen LogP) is 6.64. The van der Waals surface area contributed by atoms with Crippen LogP contribution in [0.1, 0.15) is 43.2 Å². The minimum Gasteiger partial charge on any atom is -0.352 e. The molecule has 4 aromatic rings. The molecule has 1 aliphatic carbocycles. The van der Waals surface area contributed by atoms with Gasteiger partial charge in [0.2, 0.25) is 11.8 Å². The number of sulfonamides is 1. The molecule has 0 radical (unpaired) electrons. The van der Waals surface area contributed by atoms with E-state index in [9.17, 15) is 28.1 Å². The molecule has 1 aliphatic rings. The number of anilines is 1. The Bertz CT molecular complexity index is 1820. The summed E-state index contributed by atoms with van der Waals surface area (Å²) in [6, 6.07) is 28.5. The Kier molecular flexibility index (Phi) is 11.6. The first-order chi connectivity index (χ1) is 23.1. The molecule has 0 bridgehead atoms. The Morgan fingerprint density at radius 3 is 2.10 bits per heavy atom. The maximum Gasteiger partial charge on any atom is 0.269 e. The van der Waals surface area contributed by atoms with Crippen molar-refractivity contribution >= 4 is 49.1 Å². The molecule has 48 heavy (non-hydrogen) atoms. The molecule has 0 saturated heterocycles. The van der Waals surface area contributed by atoms with Gasteiger partial charge in [0.05, 0.1) is 15.5 Å². The van der Waals surface area contributed by atoms with E-state index in [4.69, 9.17) is 0 Å². The average molecular weight is 734 g/mol. The van der Waals surface area contributed by atoms with E-state index in [0.717, 1.165) is 52.0 Å². The van der Waals surface area contributed by atoms with Crippen LogP contribution in [0.3, 0.4) is 0 Å². The van der Waals surface area contributed by atoms with Gasteiger partial charge in [-0.1, -0.05) is 95.9 Å². The summed E-state index contributed by atoms with van der Waals surface area (Å²) >= 11 is 3.50. The number of nitro benzene ring substituents is 1. The fourth-order valence-corrected chi connectivity index (χ4v) is 7.80. The molecule has 0 unspecified atom stereocenters. The van der Waals surface area contributed by atoms with E-state index in [1.165, 1.54) is 41.3 Å². The van der Waals surface area contributed by atoms with Gasteiger partial charge < -0.3 is 10.2 Å². The number of carbonyl (C=O) groups excluding carboxylic acids is 2. The van der Waals surface area contributed by atoms with E-state index in [2.05, 4.69) is 21.2 Å². The van der Waals surface area contributed by atoms with E-state index in [1.54, 1.807) is 18.2 Å². The molecule has 0 heterocycles. The molecule has 4 aromatic carbocycles. The summed E-state index contributed by atoms with van der Waals surface area (Å²) in [6.45, 7) is -0.613. The third-order valence-corrected chi connectivity index (χ3v) is 10.7. The van der Waals surface area contributed by atoms with Gasteiger partial charge in [-0.3, -0.25) is 24.0 Å². The molecule has 0 spiro atoms. The summed E-state index contributed by atoms with van der Waals surface area (Å²) in [5, 5.41) is 14.6. The molecule has 250 valence electrons. The SMILES string of the molecule is O=C(NC1CCCCC1)[C@@H](Cc1ccccc1)N(Cc1cccc(Br)c1)C(=O)CN(c1ccc([N+](=O)[O-])cc1)S(=O)(=O)c1ccccc1. The van der Waals surface area contributed by atoms with Gasteiger partial charge in [0.15, 0.2) is 0 Å². The van der Waals surface area contributed by atoms with Gasteiger partial charge in [-0.25, -0.2) is 8.42 Å². The number of non-ortho nitro benzene ring substituents is 1. The first-order valence-electron chi connectivity index (χ1n) is 15.8. The number of nitrogens with one attached hydrogen (secondary N) is 1. The van der Waals surface area contributed by atoms with Crippen LogP contribution in [0.25, 0.3) is 0 Å². The highest BCUT2D eigenvalue weighted by Crippen LogP contribution is 2.27. The second-order valence-corrected chi connectivity index (χ2v) is 14.6. The number of nitrogens with zero attached hydrogens (tertiary/aromatic N) is 3. The third-order valence-electron chi connectivity index (χ3n) is 8.42. The van der Waals surface area contributed by atoms with Gasteiger partial charge in [0.25, 0.3) is 15.7 Å². The molecule has 1 fully saturated rings. The highest BCUT2D eigenvalue weighted by molar-refractivity contribution is 9.10. The lowest BCUT2D eigenvalue weighted by Gasteiger charge is -2.35. The minimum atomic E-state index is -4.31. The number of benzene rings is 4. The molecular weight excluding hydrogens is 696 g/mol. The van der Waals surface area contributed by atoms with Crippen molar-refractivity contribution in [3.05, 3.63) is 135 Å². The Labute approximate surface area is 289 Å². The summed E-state index contributed by atoms with van der Waals surface area (Å²) in [4.78, 5) is 41.0. The Balaban J connectivity index is 1.57. The van der Waals surface area contributed by atoms with Gasteiger partial charge in [-0.15, -0.1) is 0 Å². The van der Waals surface area contributed by atoms with Crippen molar-refractivity contribution in [1.82, 2.24) is 10.2 Å². The van der Waals surface area contributed by atoms with Gasteiger partial charge in [-0.05, 0) is 60.4 Å². The van der Waals surface area contributed by atoms with Crippen molar-refractivity contribution in [3.8, 4) is 0 Å². The molecule has 10 nitrogen and oxygen atoms in total. The topological polar surface area (TPSA) is 130 Å². The summed E-state index contributed by atoms with van der Waals surface area (Å²) < 4.78 is 29.9. The van der Waals surface area contributed by atoms with E-state index >= 15 is 0 Å². The van der Waals surface area contributed by atoms with Crippen LogP contribution in [0.2, 0.25) is 0 Å². The number of hydrogen-bond donors (Lipinski definition) is 1. The fraction of sp³-hybridized carbons (Fsp3) is 0.278. The largest absolute Gasteiger partial charge is 0.352 e. The standard InChI is InChI=1S/C36H37BrN4O6S/c37-29-14-10-13-28(23-29)25-39(34(24-27-11-4-1-5-12-27)36(43)38-30-15-6-2-7-16-30)35(42)26-40(31-19-21-32(22-20-31)41(44)45)48(46,47)33-17-8-3-9-18-33/h1,3-5,8-14,17-23,30,34H,2,6-7,15-16,24-26H2,(H,38,43)/t34-/m1/s1. The van der Waals surface area contributed by atoms with E-state index in [1.807, 2.05) is 54.6 Å². The van der Waals surface area contributed by atoms with Gasteiger partial charge in [0, 0.05) is 35.6 Å². The number of rotatable bonds is 13. The van der Waals surface area contributed by atoms with Crippen LogP contribution < -0.4 is 9.62 Å². The van der Waals surface area contributed by atoms with Crippen molar-refractivity contribution in [2.45, 2.75) is 62.0 Å². The second-order valence-electron chi connectivity index (χ2n) is 11.8. The van der Waals surface area contributed by atoms with Crippen LogP contribution in [-0.4, -0.2) is 48.7 Å². The van der Waals surface area contributed by atoms with Crippen molar-refractivity contribution in [1.29, 1.82) is 0 Å². The van der Waals surface area contributed by atoms with Crippen LogP contribution in [0.4, 0.5) is 11.4 Å². The summed E-state index contributed by atoms with van der Waals surface area (Å²) in [7, 11) is -4.31. The highest BCUT2D eigenvalue weighted by Gasteiger charge is 2.35. The molecule has 1 N–H and O–H groups in total. The maximum atomic E-state index is 14.6. The van der Waals surface area contributed by atoms with E-state index in [-0.39, 0.29) is 41.2 Å². The van der Waals surface area contributed by atoms with Gasteiger partial charge >= 0.3 is 0 Å². The third kappa shape index (κ3) is 8.87. The first kappa shape index (κ1) is 34.8. The fourth-order valence-electron chi connectivity index (χ4n) is 5.92. The summed E-state index contributed by atoms with van der Waals surface area (Å²) in [6.07, 6.45) is 5.05. The lowest BCUT2D eigenvalue weighted by molar-refractivity contribution is -0.384. The molecular formula is C36H37BrN4O6S. The molecule has 5 rings (SSSR count). The summed E-state index contributed by atoms with van der Waals surface area (Å²) in [5.41, 5.74) is 1.44. The Hall–Kier alpha value is -4.55. The average Bonchev–Trinajstić information content (AvgIpc) is 3.10. The van der Waals surface area contributed by atoms with E-state index < -0.39 is 33.4 Å². The van der Waals surface area contributed by atoms with Gasteiger partial charge in [-0.2, -0.15) is 0 Å². The quantitative estimate of drug-likeness (QED) is 0.121.